The molecule has 0 amide bonds. The molecule has 0 unspecified atom stereocenters. The van der Waals surface area contributed by atoms with Gasteiger partial charge < -0.3 is 4.99 Å². The van der Waals surface area contributed by atoms with Gasteiger partial charge in [-0.25, -0.2) is 0 Å². The van der Waals surface area contributed by atoms with E-state index in [-0.39, 0.29) is 0 Å². The second kappa shape index (κ2) is 104. The van der Waals surface area contributed by atoms with E-state index < -0.39 is 0 Å². The van der Waals surface area contributed by atoms with E-state index in [9.17, 15) is 0 Å². The molecule has 0 spiro atoms. The maximum atomic E-state index is 3.61. The van der Waals surface area contributed by atoms with Crippen molar-refractivity contribution >= 4 is 18.8 Å². The van der Waals surface area contributed by atoms with Crippen LogP contribution in [0.25, 0.3) is 0 Å². The van der Waals surface area contributed by atoms with Gasteiger partial charge in [0.2, 0.25) is 0 Å². The Kier molecular flexibility index (Phi) is 203. The molecule has 0 aromatic heterocycles. The number of aliphatic imine (C=N–C) groups is 1. The lowest BCUT2D eigenvalue weighted by molar-refractivity contribution is 1.09. The van der Waals surface area contributed by atoms with E-state index in [1.54, 1.807) is 31.7 Å². The van der Waals surface area contributed by atoms with Crippen molar-refractivity contribution in [2.75, 3.05) is 13.3 Å². The summed E-state index contributed by atoms with van der Waals surface area (Å²) in [5.41, 5.74) is 0. The Morgan fingerprint density at radius 1 is 1.07 bits per heavy atom. The fourth-order valence-electron chi connectivity index (χ4n) is 0. The van der Waals surface area contributed by atoms with Crippen molar-refractivity contribution in [1.82, 2.24) is 0 Å². The topological polar surface area (TPSA) is 12.4 Å². The Hall–Kier alpha value is -0.500. The minimum atomic E-state index is 1.25. The lowest BCUT2D eigenvalue weighted by Crippen LogP contribution is -1.47. The number of rotatable bonds is 1. The number of hydrogen-bond acceptors (Lipinski definition) is 2. The lowest BCUT2D eigenvalue weighted by atomic mass is 10.6. The Labute approximate surface area is 104 Å². The molecular weight excluding hydrogens is 202 g/mol. The zero-order valence-electron chi connectivity index (χ0n) is 11.7. The standard InChI is InChI=1S/C4H6.C3H7N.C3H8.C2H6.CH4S/c2*1-3-4-2;1-3-2;2*1-2/h3-4H,1-2H2;3H,1-2H3;3H2,1-2H3;1-2H3;2H,1H3. The summed E-state index contributed by atoms with van der Waals surface area (Å²) in [7, 11) is 1.75. The quantitative estimate of drug-likeness (QED) is 0.369. The maximum absolute atomic E-state index is 3.61. The molecule has 94 valence electrons. The number of allylic oxidation sites excluding steroid dienone is 2. The van der Waals surface area contributed by atoms with E-state index in [0.717, 1.165) is 0 Å². The third-order valence-electron chi connectivity index (χ3n) is 0.425. The van der Waals surface area contributed by atoms with E-state index in [4.69, 9.17) is 0 Å². The van der Waals surface area contributed by atoms with Crippen LogP contribution < -0.4 is 0 Å². The van der Waals surface area contributed by atoms with E-state index in [1.807, 2.05) is 20.8 Å². The normalized spacial score (nSPS) is 5.87. The SMILES string of the molecule is C=CC=C.CC.CC=NC.CCC.CS. The molecule has 0 fully saturated rings. The summed E-state index contributed by atoms with van der Waals surface area (Å²) in [6, 6.07) is 0. The number of nitrogens with zero attached hydrogens (tertiary/aromatic N) is 1. The summed E-state index contributed by atoms with van der Waals surface area (Å²) >= 11 is 3.53. The largest absolute Gasteiger partial charge is 0.301 e. The van der Waals surface area contributed by atoms with Crippen LogP contribution in [-0.4, -0.2) is 19.5 Å². The molecule has 0 saturated heterocycles. The van der Waals surface area contributed by atoms with Gasteiger partial charge in [-0.05, 0) is 19.4 Å². The molecule has 0 heterocycles. The minimum absolute atomic E-state index is 1.25. The van der Waals surface area contributed by atoms with Gasteiger partial charge in [-0.15, -0.1) is 0 Å². The molecule has 0 aliphatic carbocycles. The van der Waals surface area contributed by atoms with Gasteiger partial charge in [-0.2, -0.15) is 12.6 Å². The fraction of sp³-hybridized carbons (Fsp3) is 0.615. The van der Waals surface area contributed by atoms with Crippen molar-refractivity contribution in [3.8, 4) is 0 Å². The average molecular weight is 233 g/mol. The van der Waals surface area contributed by atoms with E-state index in [2.05, 4.69) is 44.6 Å². The summed E-state index contributed by atoms with van der Waals surface area (Å²) in [6.45, 7) is 16.9. The summed E-state index contributed by atoms with van der Waals surface area (Å²) < 4.78 is 0. The van der Waals surface area contributed by atoms with Crippen molar-refractivity contribution in [2.24, 2.45) is 4.99 Å². The Morgan fingerprint density at radius 2 is 1.20 bits per heavy atom. The highest BCUT2D eigenvalue weighted by Gasteiger charge is 1.35. The zero-order chi connectivity index (χ0) is 13.5. The first kappa shape index (κ1) is 29.3. The first-order valence-corrected chi connectivity index (χ1v) is 6.19. The van der Waals surface area contributed by atoms with Gasteiger partial charge in [-0.3, -0.25) is 0 Å². The molecule has 0 radical (unpaired) electrons. The molecule has 0 saturated carbocycles. The molecule has 0 aromatic carbocycles. The summed E-state index contributed by atoms with van der Waals surface area (Å²) in [6.07, 6.45) is 7.97. The first-order chi connectivity index (χ1) is 7.24. The van der Waals surface area contributed by atoms with Gasteiger partial charge in [0.25, 0.3) is 0 Å². The molecule has 0 rings (SSSR count). The highest BCUT2D eigenvalue weighted by Crippen LogP contribution is 1.56. The number of hydrogen-bond donors (Lipinski definition) is 1. The summed E-state index contributed by atoms with van der Waals surface area (Å²) in [5, 5.41) is 0. The van der Waals surface area contributed by atoms with Crippen molar-refractivity contribution in [3.05, 3.63) is 25.3 Å². The summed E-state index contributed by atoms with van der Waals surface area (Å²) in [4.78, 5) is 3.61. The zero-order valence-corrected chi connectivity index (χ0v) is 12.6. The Morgan fingerprint density at radius 3 is 1.20 bits per heavy atom. The van der Waals surface area contributed by atoms with E-state index >= 15 is 0 Å². The molecule has 15 heavy (non-hydrogen) atoms. The third kappa shape index (κ3) is 794. The van der Waals surface area contributed by atoms with Gasteiger partial charge in [-0.1, -0.05) is 59.4 Å². The fourth-order valence-corrected chi connectivity index (χ4v) is 0. The van der Waals surface area contributed by atoms with Gasteiger partial charge in [0.1, 0.15) is 0 Å². The first-order valence-electron chi connectivity index (χ1n) is 5.29. The van der Waals surface area contributed by atoms with Crippen LogP contribution in [-0.2, 0) is 0 Å². The van der Waals surface area contributed by atoms with Crippen molar-refractivity contribution < 1.29 is 0 Å². The van der Waals surface area contributed by atoms with E-state index in [0.29, 0.717) is 0 Å². The van der Waals surface area contributed by atoms with Crippen LogP contribution in [0.5, 0.6) is 0 Å². The average Bonchev–Trinajstić information content (AvgIpc) is 2.35. The van der Waals surface area contributed by atoms with Crippen LogP contribution in [0, 0.1) is 0 Å². The lowest BCUT2D eigenvalue weighted by Gasteiger charge is -1.53. The van der Waals surface area contributed by atoms with Gasteiger partial charge in [0.05, 0.1) is 0 Å². The predicted octanol–water partition coefficient (Wildman–Crippen LogP) is 5.05. The highest BCUT2D eigenvalue weighted by molar-refractivity contribution is 7.79. The van der Waals surface area contributed by atoms with Crippen molar-refractivity contribution in [3.63, 3.8) is 0 Å². The molecule has 0 aromatic rings. The van der Waals surface area contributed by atoms with Crippen LogP contribution in [0.3, 0.4) is 0 Å². The smallest absolute Gasteiger partial charge is 0.0273 e. The van der Waals surface area contributed by atoms with Gasteiger partial charge in [0, 0.05) is 7.05 Å². The highest BCUT2D eigenvalue weighted by atomic mass is 32.1. The molecular formula is C13H31NS. The van der Waals surface area contributed by atoms with Gasteiger partial charge in [0.15, 0.2) is 0 Å². The molecule has 0 N–H and O–H groups in total. The predicted molar refractivity (Wildman–Crippen MR) is 82.7 cm³/mol. The second-order valence-electron chi connectivity index (χ2n) is 1.69. The third-order valence-corrected chi connectivity index (χ3v) is 0.425. The molecule has 0 bridgehead atoms. The van der Waals surface area contributed by atoms with Crippen LogP contribution in [0.1, 0.15) is 41.0 Å². The second-order valence-corrected chi connectivity index (χ2v) is 1.69. The molecule has 0 atom stereocenters. The number of thiol groups is 1. The van der Waals surface area contributed by atoms with Crippen molar-refractivity contribution in [2.45, 2.75) is 41.0 Å². The van der Waals surface area contributed by atoms with Crippen LogP contribution >= 0.6 is 12.6 Å². The van der Waals surface area contributed by atoms with Crippen molar-refractivity contribution in [1.29, 1.82) is 0 Å². The minimum Gasteiger partial charge on any atom is -0.301 e. The molecule has 2 heteroatoms. The van der Waals surface area contributed by atoms with Crippen LogP contribution in [0.15, 0.2) is 30.3 Å². The maximum Gasteiger partial charge on any atom is 0.0273 e. The van der Waals surface area contributed by atoms with Crippen LogP contribution in [0.4, 0.5) is 0 Å². The van der Waals surface area contributed by atoms with E-state index in [1.165, 1.54) is 6.42 Å². The van der Waals surface area contributed by atoms with Crippen LogP contribution in [0.2, 0.25) is 0 Å². The molecule has 1 nitrogen and oxygen atoms in total. The monoisotopic (exact) mass is 233 g/mol. The molecule has 0 aliphatic rings. The summed E-state index contributed by atoms with van der Waals surface area (Å²) in [5.74, 6) is 0. The Bertz CT molecular complexity index is 78.5. The molecule has 0 aliphatic heterocycles. The Balaban J connectivity index is -0.0000000289. The van der Waals surface area contributed by atoms with Gasteiger partial charge >= 0.3 is 0 Å².